The molecule has 0 atom stereocenters. The monoisotopic (exact) mass is 282 g/mol. The number of benzene rings is 2. The van der Waals surface area contributed by atoms with Gasteiger partial charge in [0.15, 0.2) is 0 Å². The number of nitrogen functional groups attached to an aromatic ring is 1. The molecule has 5 nitrogen and oxygen atoms in total. The molecule has 0 aliphatic heterocycles. The highest BCUT2D eigenvalue weighted by Crippen LogP contribution is 2.32. The summed E-state index contributed by atoms with van der Waals surface area (Å²) >= 11 is 0. The fourth-order valence-electron chi connectivity index (χ4n) is 2.54. The fourth-order valence-corrected chi connectivity index (χ4v) is 2.54. The number of fused-ring (bicyclic) bond motifs is 1. The molecule has 0 saturated heterocycles. The molecular weight excluding hydrogens is 264 g/mol. The van der Waals surface area contributed by atoms with Gasteiger partial charge in [0.1, 0.15) is 11.3 Å². The molecule has 0 unspecified atom stereocenters. The minimum atomic E-state index is 0.448. The number of methoxy groups -OCH3 is 1. The number of anilines is 2. The van der Waals surface area contributed by atoms with Crippen molar-refractivity contribution in [3.05, 3.63) is 42.5 Å². The molecule has 0 spiro atoms. The summed E-state index contributed by atoms with van der Waals surface area (Å²) in [5, 5.41) is 0. The van der Waals surface area contributed by atoms with Gasteiger partial charge in [0.25, 0.3) is 0 Å². The molecule has 0 saturated carbocycles. The molecule has 2 N–H and O–H groups in total. The summed E-state index contributed by atoms with van der Waals surface area (Å²) < 4.78 is 7.32. The molecule has 5 heteroatoms. The van der Waals surface area contributed by atoms with Gasteiger partial charge in [0.05, 0.1) is 24.0 Å². The molecule has 0 bridgehead atoms. The highest BCUT2D eigenvalue weighted by atomic mass is 16.5. The quantitative estimate of drug-likeness (QED) is 0.802. The molecule has 1 heterocycles. The standard InChI is InChI=1S/C16H18N4O/c1-19(2)11-7-4-5-8-12(11)20-13-9-6-10-14(21-3)15(13)18-16(20)17/h4-10H,1-3H3,(H2,17,18). The van der Waals surface area contributed by atoms with Gasteiger partial charge in [-0.25, -0.2) is 4.98 Å². The lowest BCUT2D eigenvalue weighted by Crippen LogP contribution is -2.13. The van der Waals surface area contributed by atoms with Gasteiger partial charge in [-0.3, -0.25) is 4.57 Å². The topological polar surface area (TPSA) is 56.3 Å². The van der Waals surface area contributed by atoms with Gasteiger partial charge >= 0.3 is 0 Å². The molecule has 3 aromatic rings. The first kappa shape index (κ1) is 13.3. The van der Waals surface area contributed by atoms with Crippen LogP contribution >= 0.6 is 0 Å². The molecule has 0 aliphatic carbocycles. The lowest BCUT2D eigenvalue weighted by atomic mass is 10.2. The maximum absolute atomic E-state index is 6.16. The van der Waals surface area contributed by atoms with Crippen LogP contribution in [0.25, 0.3) is 16.7 Å². The Bertz CT molecular complexity index is 792. The average Bonchev–Trinajstić information content (AvgIpc) is 2.82. The van der Waals surface area contributed by atoms with Crippen LogP contribution in [0.15, 0.2) is 42.5 Å². The van der Waals surface area contributed by atoms with Crippen LogP contribution in [0.3, 0.4) is 0 Å². The smallest absolute Gasteiger partial charge is 0.206 e. The normalized spacial score (nSPS) is 10.8. The van der Waals surface area contributed by atoms with Gasteiger partial charge in [-0.1, -0.05) is 18.2 Å². The third-order valence-electron chi connectivity index (χ3n) is 3.50. The van der Waals surface area contributed by atoms with Crippen LogP contribution in [-0.4, -0.2) is 30.8 Å². The van der Waals surface area contributed by atoms with E-state index in [2.05, 4.69) is 16.0 Å². The van der Waals surface area contributed by atoms with Crippen molar-refractivity contribution in [1.29, 1.82) is 0 Å². The predicted octanol–water partition coefficient (Wildman–Crippen LogP) is 2.68. The number of hydrogen-bond donors (Lipinski definition) is 1. The number of imidazole rings is 1. The minimum Gasteiger partial charge on any atom is -0.494 e. The summed E-state index contributed by atoms with van der Waals surface area (Å²) in [6.45, 7) is 0. The second-order valence-electron chi connectivity index (χ2n) is 5.02. The number of nitrogens with two attached hydrogens (primary N) is 1. The van der Waals surface area contributed by atoms with Gasteiger partial charge in [-0.15, -0.1) is 0 Å². The Morgan fingerprint density at radius 3 is 2.57 bits per heavy atom. The van der Waals surface area contributed by atoms with Crippen LogP contribution in [0.2, 0.25) is 0 Å². The first-order chi connectivity index (χ1) is 10.1. The fraction of sp³-hybridized carbons (Fsp3) is 0.188. The van der Waals surface area contributed by atoms with Crippen molar-refractivity contribution in [3.8, 4) is 11.4 Å². The zero-order chi connectivity index (χ0) is 15.0. The van der Waals surface area contributed by atoms with Gasteiger partial charge in [-0.2, -0.15) is 0 Å². The van der Waals surface area contributed by atoms with Crippen LogP contribution in [0.1, 0.15) is 0 Å². The lowest BCUT2D eigenvalue weighted by molar-refractivity contribution is 0.419. The van der Waals surface area contributed by atoms with E-state index in [0.717, 1.165) is 28.2 Å². The largest absolute Gasteiger partial charge is 0.494 e. The van der Waals surface area contributed by atoms with E-state index >= 15 is 0 Å². The maximum Gasteiger partial charge on any atom is 0.206 e. The van der Waals surface area contributed by atoms with E-state index in [1.807, 2.05) is 55.1 Å². The SMILES string of the molecule is COc1cccc2c1nc(N)n2-c1ccccc1N(C)C. The average molecular weight is 282 g/mol. The highest BCUT2D eigenvalue weighted by molar-refractivity contribution is 5.87. The molecule has 3 rings (SSSR count). The minimum absolute atomic E-state index is 0.448. The number of aromatic nitrogens is 2. The van der Waals surface area contributed by atoms with Crippen LogP contribution in [-0.2, 0) is 0 Å². The van der Waals surface area contributed by atoms with Gasteiger partial charge in [-0.05, 0) is 24.3 Å². The van der Waals surface area contributed by atoms with E-state index in [1.54, 1.807) is 7.11 Å². The Morgan fingerprint density at radius 2 is 1.86 bits per heavy atom. The zero-order valence-electron chi connectivity index (χ0n) is 12.4. The lowest BCUT2D eigenvalue weighted by Gasteiger charge is -2.18. The Hall–Kier alpha value is -2.69. The van der Waals surface area contributed by atoms with E-state index in [-0.39, 0.29) is 0 Å². The van der Waals surface area contributed by atoms with Crippen molar-refractivity contribution in [1.82, 2.24) is 9.55 Å². The van der Waals surface area contributed by atoms with E-state index < -0.39 is 0 Å². The maximum atomic E-state index is 6.16. The predicted molar refractivity (Wildman–Crippen MR) is 86.4 cm³/mol. The van der Waals surface area contributed by atoms with Crippen molar-refractivity contribution in [2.75, 3.05) is 31.8 Å². The molecular formula is C16H18N4O. The first-order valence-corrected chi connectivity index (χ1v) is 6.71. The van der Waals surface area contributed by atoms with Crippen molar-refractivity contribution in [2.24, 2.45) is 0 Å². The van der Waals surface area contributed by atoms with Crippen molar-refractivity contribution in [2.45, 2.75) is 0 Å². The third-order valence-corrected chi connectivity index (χ3v) is 3.50. The Morgan fingerprint density at radius 1 is 1.10 bits per heavy atom. The van der Waals surface area contributed by atoms with E-state index in [4.69, 9.17) is 10.5 Å². The highest BCUT2D eigenvalue weighted by Gasteiger charge is 2.16. The molecule has 108 valence electrons. The van der Waals surface area contributed by atoms with Crippen LogP contribution in [0.5, 0.6) is 5.75 Å². The summed E-state index contributed by atoms with van der Waals surface area (Å²) in [6, 6.07) is 13.9. The molecule has 0 amide bonds. The summed E-state index contributed by atoms with van der Waals surface area (Å²) in [7, 11) is 5.65. The number of ether oxygens (including phenoxy) is 1. The molecule has 0 aliphatic rings. The van der Waals surface area contributed by atoms with Crippen molar-refractivity contribution >= 4 is 22.7 Å². The van der Waals surface area contributed by atoms with Gasteiger partial charge < -0.3 is 15.4 Å². The van der Waals surface area contributed by atoms with E-state index in [1.165, 1.54) is 0 Å². The number of rotatable bonds is 3. The van der Waals surface area contributed by atoms with E-state index in [0.29, 0.717) is 5.95 Å². The van der Waals surface area contributed by atoms with Crippen LogP contribution in [0, 0.1) is 0 Å². The molecule has 0 fully saturated rings. The second-order valence-corrected chi connectivity index (χ2v) is 5.02. The third kappa shape index (κ3) is 2.07. The summed E-state index contributed by atoms with van der Waals surface area (Å²) in [5.41, 5.74) is 9.93. The van der Waals surface area contributed by atoms with Crippen LogP contribution in [0.4, 0.5) is 11.6 Å². The van der Waals surface area contributed by atoms with Crippen LogP contribution < -0.4 is 15.4 Å². The number of para-hydroxylation sites is 3. The number of hydrogen-bond acceptors (Lipinski definition) is 4. The molecule has 1 aromatic heterocycles. The Balaban J connectivity index is 2.34. The second kappa shape index (κ2) is 5.01. The zero-order valence-corrected chi connectivity index (χ0v) is 12.4. The van der Waals surface area contributed by atoms with E-state index in [9.17, 15) is 0 Å². The summed E-state index contributed by atoms with van der Waals surface area (Å²) in [6.07, 6.45) is 0. The van der Waals surface area contributed by atoms with Gasteiger partial charge in [0, 0.05) is 14.1 Å². The van der Waals surface area contributed by atoms with Crippen molar-refractivity contribution < 1.29 is 4.74 Å². The summed E-state index contributed by atoms with van der Waals surface area (Å²) in [5.74, 6) is 1.17. The first-order valence-electron chi connectivity index (χ1n) is 6.71. The van der Waals surface area contributed by atoms with Crippen molar-refractivity contribution in [3.63, 3.8) is 0 Å². The van der Waals surface area contributed by atoms with Gasteiger partial charge in [0.2, 0.25) is 5.95 Å². The number of nitrogens with zero attached hydrogens (tertiary/aromatic N) is 3. The molecule has 2 aromatic carbocycles. The Kier molecular flexibility index (Phi) is 3.17. The molecule has 0 radical (unpaired) electrons. The molecule has 21 heavy (non-hydrogen) atoms. The summed E-state index contributed by atoms with van der Waals surface area (Å²) in [4.78, 5) is 6.51. The Labute approximate surface area is 123 Å².